The van der Waals surface area contributed by atoms with Crippen LogP contribution in [0.2, 0.25) is 0 Å². The Morgan fingerprint density at radius 2 is 2.31 bits per heavy atom. The predicted octanol–water partition coefficient (Wildman–Crippen LogP) is 2.13. The Bertz CT molecular complexity index is 520. The second-order valence-electron chi connectivity index (χ2n) is 3.79. The van der Waals surface area contributed by atoms with Gasteiger partial charge in [-0.3, -0.25) is 4.57 Å². The largest absolute Gasteiger partial charge is 0.446 e. The highest BCUT2D eigenvalue weighted by molar-refractivity contribution is 9.10. The van der Waals surface area contributed by atoms with Crippen LogP contribution in [0.25, 0.3) is 11.6 Å². The van der Waals surface area contributed by atoms with Gasteiger partial charge in [-0.25, -0.2) is 0 Å². The Kier molecular flexibility index (Phi) is 2.33. The topological polar surface area (TPSA) is 64.1 Å². The predicted molar refractivity (Wildman–Crippen MR) is 59.6 cm³/mol. The minimum Gasteiger partial charge on any atom is -0.446 e. The van der Waals surface area contributed by atoms with E-state index in [2.05, 4.69) is 26.1 Å². The molecular weight excluding hydrogens is 274 g/mol. The van der Waals surface area contributed by atoms with Crippen LogP contribution in [0.4, 0.5) is 0 Å². The van der Waals surface area contributed by atoms with Crippen LogP contribution in [0.1, 0.15) is 24.9 Å². The van der Waals surface area contributed by atoms with Gasteiger partial charge in [0.1, 0.15) is 12.1 Å². The zero-order chi connectivity index (χ0) is 11.1. The molecular formula is C10H10BrN3O2. The first-order valence-corrected chi connectivity index (χ1v) is 5.92. The lowest BCUT2D eigenvalue weighted by Crippen LogP contribution is -2.18. The number of aryl methyl sites for hydroxylation is 1. The van der Waals surface area contributed by atoms with Crippen LogP contribution in [0, 0.1) is 0 Å². The van der Waals surface area contributed by atoms with Gasteiger partial charge in [-0.15, -0.1) is 10.2 Å². The summed E-state index contributed by atoms with van der Waals surface area (Å²) in [4.78, 5) is 0. The molecule has 1 atom stereocenters. The molecule has 1 unspecified atom stereocenters. The second kappa shape index (κ2) is 3.71. The van der Waals surface area contributed by atoms with Gasteiger partial charge >= 0.3 is 0 Å². The molecule has 6 heteroatoms. The summed E-state index contributed by atoms with van der Waals surface area (Å²) in [6.07, 6.45) is 1.99. The molecule has 0 aromatic carbocycles. The fourth-order valence-corrected chi connectivity index (χ4v) is 2.29. The van der Waals surface area contributed by atoms with E-state index in [1.165, 1.54) is 0 Å². The Morgan fingerprint density at radius 3 is 3.06 bits per heavy atom. The van der Waals surface area contributed by atoms with Crippen LogP contribution in [-0.4, -0.2) is 19.9 Å². The zero-order valence-corrected chi connectivity index (χ0v) is 10.0. The van der Waals surface area contributed by atoms with Crippen LogP contribution in [0.5, 0.6) is 0 Å². The van der Waals surface area contributed by atoms with Gasteiger partial charge in [0.2, 0.25) is 5.82 Å². The molecule has 0 bridgehead atoms. The first kappa shape index (κ1) is 10.0. The van der Waals surface area contributed by atoms with Crippen molar-refractivity contribution in [3.63, 3.8) is 0 Å². The number of hydrogen-bond acceptors (Lipinski definition) is 4. The van der Waals surface area contributed by atoms with Gasteiger partial charge in [-0.2, -0.15) is 0 Å². The highest BCUT2D eigenvalue weighted by Gasteiger charge is 2.24. The van der Waals surface area contributed by atoms with Crippen molar-refractivity contribution in [3.05, 3.63) is 22.6 Å². The summed E-state index contributed by atoms with van der Waals surface area (Å²) in [5, 5.41) is 18.1. The van der Waals surface area contributed by atoms with Gasteiger partial charge in [0.15, 0.2) is 10.4 Å². The molecule has 0 fully saturated rings. The molecule has 3 heterocycles. The third-order valence-corrected chi connectivity index (χ3v) is 3.15. The van der Waals surface area contributed by atoms with Gasteiger partial charge in [-0.1, -0.05) is 0 Å². The Labute approximate surface area is 100 Å². The highest BCUT2D eigenvalue weighted by Crippen LogP contribution is 2.30. The number of aliphatic hydroxyl groups is 1. The summed E-state index contributed by atoms with van der Waals surface area (Å²) in [7, 11) is 0. The molecule has 0 radical (unpaired) electrons. The smallest absolute Gasteiger partial charge is 0.201 e. The third kappa shape index (κ3) is 1.49. The van der Waals surface area contributed by atoms with E-state index in [-0.39, 0.29) is 0 Å². The summed E-state index contributed by atoms with van der Waals surface area (Å²) in [6, 6.07) is 3.61. The first-order valence-electron chi connectivity index (χ1n) is 5.13. The summed E-state index contributed by atoms with van der Waals surface area (Å²) in [6.45, 7) is 0. The van der Waals surface area contributed by atoms with Crippen molar-refractivity contribution in [2.75, 3.05) is 0 Å². The number of rotatable bonds is 1. The molecule has 2 aromatic heterocycles. The highest BCUT2D eigenvalue weighted by atomic mass is 79.9. The summed E-state index contributed by atoms with van der Waals surface area (Å²) in [5.74, 6) is 2.03. The molecule has 1 aliphatic rings. The zero-order valence-electron chi connectivity index (χ0n) is 8.43. The molecule has 0 spiro atoms. The van der Waals surface area contributed by atoms with Gasteiger partial charge in [0.25, 0.3) is 0 Å². The molecule has 2 aromatic rings. The van der Waals surface area contributed by atoms with Crippen molar-refractivity contribution in [2.24, 2.45) is 0 Å². The van der Waals surface area contributed by atoms with Crippen LogP contribution < -0.4 is 0 Å². The monoisotopic (exact) mass is 283 g/mol. The fourth-order valence-electron chi connectivity index (χ4n) is 1.98. The maximum atomic E-state index is 9.93. The average Bonchev–Trinajstić information content (AvgIpc) is 2.84. The number of aliphatic hydroxyl groups excluding tert-OH is 1. The molecule has 0 saturated carbocycles. The van der Waals surface area contributed by atoms with Crippen LogP contribution in [0.15, 0.2) is 21.2 Å². The van der Waals surface area contributed by atoms with E-state index in [1.54, 1.807) is 10.6 Å². The number of nitrogens with zero attached hydrogens (tertiary/aromatic N) is 3. The quantitative estimate of drug-likeness (QED) is 0.871. The number of hydrogen-bond donors (Lipinski definition) is 1. The summed E-state index contributed by atoms with van der Waals surface area (Å²) < 4.78 is 7.81. The summed E-state index contributed by atoms with van der Waals surface area (Å²) in [5.41, 5.74) is 0. The standard InChI is InChI=1S/C10H10BrN3O2/c11-7-5-4-6(16-7)10-13-12-8-2-1-3-9(15)14(8)10/h4-5,9,15H,1-3H2. The van der Waals surface area contributed by atoms with Crippen molar-refractivity contribution in [2.45, 2.75) is 25.5 Å². The number of fused-ring (bicyclic) bond motifs is 1. The molecule has 1 aliphatic heterocycles. The van der Waals surface area contributed by atoms with E-state index < -0.39 is 6.23 Å². The van der Waals surface area contributed by atoms with Gasteiger partial charge in [-0.05, 0) is 40.9 Å². The van der Waals surface area contributed by atoms with E-state index in [4.69, 9.17) is 4.42 Å². The molecule has 84 valence electrons. The number of halogens is 1. The van der Waals surface area contributed by atoms with Crippen LogP contribution in [-0.2, 0) is 6.42 Å². The van der Waals surface area contributed by atoms with Crippen molar-refractivity contribution in [3.8, 4) is 11.6 Å². The minimum absolute atomic E-state index is 0.544. The van der Waals surface area contributed by atoms with Crippen molar-refractivity contribution < 1.29 is 9.52 Å². The SMILES string of the molecule is OC1CCCc2nnc(-c3ccc(Br)o3)n21. The maximum absolute atomic E-state index is 9.93. The lowest BCUT2D eigenvalue weighted by Gasteiger charge is -2.20. The summed E-state index contributed by atoms with van der Waals surface area (Å²) >= 11 is 3.24. The average molecular weight is 284 g/mol. The molecule has 0 aliphatic carbocycles. The van der Waals surface area contributed by atoms with E-state index in [0.29, 0.717) is 16.3 Å². The van der Waals surface area contributed by atoms with E-state index in [9.17, 15) is 5.11 Å². The number of aromatic nitrogens is 3. The van der Waals surface area contributed by atoms with Crippen molar-refractivity contribution in [1.82, 2.24) is 14.8 Å². The van der Waals surface area contributed by atoms with Crippen LogP contribution >= 0.6 is 15.9 Å². The maximum Gasteiger partial charge on any atom is 0.201 e. The first-order chi connectivity index (χ1) is 7.75. The molecule has 0 saturated heterocycles. The van der Waals surface area contributed by atoms with Crippen molar-refractivity contribution in [1.29, 1.82) is 0 Å². The molecule has 3 rings (SSSR count). The molecule has 1 N–H and O–H groups in total. The van der Waals surface area contributed by atoms with E-state index in [0.717, 1.165) is 25.1 Å². The Hall–Kier alpha value is -1.14. The molecule has 16 heavy (non-hydrogen) atoms. The van der Waals surface area contributed by atoms with Gasteiger partial charge in [0.05, 0.1) is 0 Å². The van der Waals surface area contributed by atoms with Crippen LogP contribution in [0.3, 0.4) is 0 Å². The normalized spacial score (nSPS) is 19.8. The van der Waals surface area contributed by atoms with Crippen molar-refractivity contribution >= 4 is 15.9 Å². The van der Waals surface area contributed by atoms with E-state index in [1.807, 2.05) is 6.07 Å². The molecule has 5 nitrogen and oxygen atoms in total. The number of furan rings is 1. The van der Waals surface area contributed by atoms with Gasteiger partial charge in [0, 0.05) is 6.42 Å². The Balaban J connectivity index is 2.12. The Morgan fingerprint density at radius 1 is 1.44 bits per heavy atom. The van der Waals surface area contributed by atoms with Gasteiger partial charge < -0.3 is 9.52 Å². The lowest BCUT2D eigenvalue weighted by atomic mass is 10.1. The fraction of sp³-hybridized carbons (Fsp3) is 0.400. The minimum atomic E-state index is -0.544. The third-order valence-electron chi connectivity index (χ3n) is 2.72. The second-order valence-corrected chi connectivity index (χ2v) is 4.57. The molecule has 0 amide bonds. The van der Waals surface area contributed by atoms with E-state index >= 15 is 0 Å². The lowest BCUT2D eigenvalue weighted by molar-refractivity contribution is 0.0791.